The molecule has 1 N–H and O–H groups in total. The molecule has 0 unspecified atom stereocenters. The molecule has 4 heteroatoms. The highest BCUT2D eigenvalue weighted by atomic mass is 16.6. The summed E-state index contributed by atoms with van der Waals surface area (Å²) in [4.78, 5) is 6.23. The van der Waals surface area contributed by atoms with Crippen molar-refractivity contribution in [3.8, 4) is 11.1 Å². The number of hydrogen-bond donors (Lipinski definition) is 1. The molecule has 0 saturated heterocycles. The molecule has 3 aromatic carbocycles. The van der Waals surface area contributed by atoms with Crippen molar-refractivity contribution in [2.24, 2.45) is 7.05 Å². The van der Waals surface area contributed by atoms with Gasteiger partial charge in [-0.3, -0.25) is 0 Å². The molecule has 202 valence electrons. The van der Waals surface area contributed by atoms with Gasteiger partial charge in [-0.2, -0.15) is 5.48 Å². The van der Waals surface area contributed by atoms with E-state index in [1.54, 1.807) is 0 Å². The van der Waals surface area contributed by atoms with Crippen molar-refractivity contribution in [1.29, 1.82) is 0 Å². The minimum Gasteiger partial charge on any atom is -0.300 e. The third-order valence-corrected chi connectivity index (χ3v) is 7.46. The van der Waals surface area contributed by atoms with E-state index >= 15 is 0 Å². The molecule has 0 radical (unpaired) electrons. The fourth-order valence-electron chi connectivity index (χ4n) is 5.21. The zero-order chi connectivity index (χ0) is 27.5. The maximum atomic E-state index is 6.23. The molecule has 0 saturated carbocycles. The number of unbranched alkanes of at least 4 members (excludes halogenated alkanes) is 3. The molecule has 0 spiro atoms. The molecule has 0 amide bonds. The van der Waals surface area contributed by atoms with Crippen LogP contribution in [0.3, 0.4) is 0 Å². The molecule has 5 rings (SSSR count). The lowest BCUT2D eigenvalue weighted by Crippen LogP contribution is -2.44. The van der Waals surface area contributed by atoms with Crippen molar-refractivity contribution in [3.63, 3.8) is 0 Å². The van der Waals surface area contributed by atoms with E-state index in [0.29, 0.717) is 6.61 Å². The maximum absolute atomic E-state index is 6.23. The van der Waals surface area contributed by atoms with Gasteiger partial charge in [-0.1, -0.05) is 97.4 Å². The molecule has 2 heterocycles. The molecule has 0 bridgehead atoms. The van der Waals surface area contributed by atoms with Crippen LogP contribution in [0.15, 0.2) is 140 Å². The fraction of sp³-hybridized carbons (Fsp3) is 0.222. The predicted molar refractivity (Wildman–Crippen MR) is 160 cm³/mol. The molecule has 2 aromatic heterocycles. The number of aryl methyl sites for hydroxylation is 2. The van der Waals surface area contributed by atoms with E-state index in [1.807, 2.05) is 7.05 Å². The molecule has 0 aliphatic heterocycles. The largest absolute Gasteiger partial charge is 0.300 e. The van der Waals surface area contributed by atoms with Gasteiger partial charge in [0.1, 0.15) is 19.1 Å². The molecule has 5 aromatic rings. The number of nitrogens with zero attached hydrogens (tertiary/aromatic N) is 2. The van der Waals surface area contributed by atoms with Crippen LogP contribution in [0.5, 0.6) is 0 Å². The van der Waals surface area contributed by atoms with Gasteiger partial charge in [0.2, 0.25) is 0 Å². The Hall–Kier alpha value is -4.12. The fourth-order valence-corrected chi connectivity index (χ4v) is 5.21. The zero-order valence-electron chi connectivity index (χ0n) is 23.3. The highest BCUT2D eigenvalue weighted by Gasteiger charge is 2.36. The Labute approximate surface area is 238 Å². The highest BCUT2D eigenvalue weighted by Crippen LogP contribution is 2.36. The van der Waals surface area contributed by atoms with E-state index in [4.69, 9.17) is 4.84 Å². The number of nitrogens with one attached hydrogen (secondary N) is 1. The Morgan fingerprint density at radius 3 is 1.50 bits per heavy atom. The minimum absolute atomic E-state index is 0.593. The van der Waals surface area contributed by atoms with Crippen molar-refractivity contribution < 1.29 is 14.0 Å². The summed E-state index contributed by atoms with van der Waals surface area (Å²) in [6, 6.07) is 40.4. The first-order valence-electron chi connectivity index (χ1n) is 14.3. The van der Waals surface area contributed by atoms with Crippen LogP contribution >= 0.6 is 0 Å². The summed E-state index contributed by atoms with van der Waals surface area (Å²) in [5.41, 5.74) is 8.87. The van der Waals surface area contributed by atoms with E-state index < -0.39 is 5.54 Å². The van der Waals surface area contributed by atoms with Crippen molar-refractivity contribution in [2.75, 3.05) is 6.61 Å². The summed E-state index contributed by atoms with van der Waals surface area (Å²) in [6.07, 6.45) is 13.0. The van der Waals surface area contributed by atoms with E-state index in [0.717, 1.165) is 42.5 Å². The normalized spacial score (nSPS) is 11.4. The monoisotopic (exact) mass is 529 g/mol. The number of benzene rings is 3. The van der Waals surface area contributed by atoms with Gasteiger partial charge >= 0.3 is 0 Å². The van der Waals surface area contributed by atoms with Crippen molar-refractivity contribution >= 4 is 0 Å². The molecule has 0 aliphatic carbocycles. The number of pyridine rings is 2. The lowest BCUT2D eigenvalue weighted by atomic mass is 9.78. The molecule has 0 fully saturated rings. The van der Waals surface area contributed by atoms with Crippen molar-refractivity contribution in [2.45, 2.75) is 37.8 Å². The third-order valence-electron chi connectivity index (χ3n) is 7.46. The lowest BCUT2D eigenvalue weighted by molar-refractivity contribution is -0.697. The van der Waals surface area contributed by atoms with Crippen LogP contribution < -0.4 is 14.6 Å². The summed E-state index contributed by atoms with van der Waals surface area (Å²) >= 11 is 0. The molecular weight excluding hydrogens is 490 g/mol. The first-order chi connectivity index (χ1) is 19.8. The predicted octanol–water partition coefficient (Wildman–Crippen LogP) is 6.54. The van der Waals surface area contributed by atoms with Gasteiger partial charge in [-0.25, -0.2) is 9.13 Å². The topological polar surface area (TPSA) is 29.0 Å². The smallest absolute Gasteiger partial charge is 0.169 e. The van der Waals surface area contributed by atoms with Crippen LogP contribution in [0.4, 0.5) is 0 Å². The summed E-state index contributed by atoms with van der Waals surface area (Å²) in [6.45, 7) is 1.69. The van der Waals surface area contributed by atoms with Crippen LogP contribution in [-0.2, 0) is 24.0 Å². The number of aromatic nitrogens is 2. The van der Waals surface area contributed by atoms with Gasteiger partial charge in [0.25, 0.3) is 0 Å². The van der Waals surface area contributed by atoms with Crippen molar-refractivity contribution in [1.82, 2.24) is 5.48 Å². The second-order valence-corrected chi connectivity index (χ2v) is 10.3. The van der Waals surface area contributed by atoms with E-state index in [2.05, 4.69) is 155 Å². The Balaban J connectivity index is 1.14. The van der Waals surface area contributed by atoms with Gasteiger partial charge in [-0.05, 0) is 40.7 Å². The Kier molecular flexibility index (Phi) is 9.46. The number of hydrogen-bond acceptors (Lipinski definition) is 2. The maximum Gasteiger partial charge on any atom is 0.169 e. The average molecular weight is 530 g/mol. The van der Waals surface area contributed by atoms with Gasteiger partial charge in [0.15, 0.2) is 24.8 Å². The zero-order valence-corrected chi connectivity index (χ0v) is 23.3. The Bertz CT molecular complexity index is 1320. The van der Waals surface area contributed by atoms with Crippen LogP contribution in [0.1, 0.15) is 42.4 Å². The van der Waals surface area contributed by atoms with Crippen LogP contribution in [0.25, 0.3) is 11.1 Å². The SMILES string of the molecule is C[n+]1ccc(-c2cc[n+](CCCCCCONC(c3ccccc3)(c3ccccc3)c3ccccc3)cc2)cc1. The lowest BCUT2D eigenvalue weighted by Gasteiger charge is -2.36. The van der Waals surface area contributed by atoms with Crippen LogP contribution in [-0.4, -0.2) is 6.61 Å². The van der Waals surface area contributed by atoms with Gasteiger partial charge in [0, 0.05) is 30.7 Å². The molecular formula is C36H39N3O+2. The second kappa shape index (κ2) is 13.8. The second-order valence-electron chi connectivity index (χ2n) is 10.3. The average Bonchev–Trinajstić information content (AvgIpc) is 3.02. The molecule has 40 heavy (non-hydrogen) atoms. The summed E-state index contributed by atoms with van der Waals surface area (Å²) in [5.74, 6) is 0. The third kappa shape index (κ3) is 6.71. The summed E-state index contributed by atoms with van der Waals surface area (Å²) in [7, 11) is 2.04. The van der Waals surface area contributed by atoms with Crippen LogP contribution in [0.2, 0.25) is 0 Å². The first-order valence-corrected chi connectivity index (χ1v) is 14.3. The minimum atomic E-state index is -0.593. The van der Waals surface area contributed by atoms with Gasteiger partial charge < -0.3 is 4.84 Å². The van der Waals surface area contributed by atoms with E-state index in [1.165, 1.54) is 17.5 Å². The molecule has 0 aliphatic rings. The van der Waals surface area contributed by atoms with Crippen LogP contribution in [0, 0.1) is 0 Å². The summed E-state index contributed by atoms with van der Waals surface area (Å²) in [5, 5.41) is 0. The quantitative estimate of drug-likeness (QED) is 0.0812. The number of hydroxylamine groups is 1. The van der Waals surface area contributed by atoms with Gasteiger partial charge in [0.05, 0.1) is 6.61 Å². The number of rotatable bonds is 13. The standard InChI is InChI=1S/C36H39N3O/c1-38-26-21-31(22-27-38)32-23-28-39(29-24-32)25-13-2-3-14-30-40-37-36(33-15-7-4-8-16-33,34-17-9-5-10-18-34)35-19-11-6-12-20-35/h4-12,15-24,26-29,37H,2-3,13-14,25,30H2,1H3/q+2. The van der Waals surface area contributed by atoms with E-state index in [9.17, 15) is 0 Å². The van der Waals surface area contributed by atoms with Crippen molar-refractivity contribution in [3.05, 3.63) is 157 Å². The Morgan fingerprint density at radius 2 is 1.00 bits per heavy atom. The summed E-state index contributed by atoms with van der Waals surface area (Å²) < 4.78 is 4.33. The Morgan fingerprint density at radius 1 is 0.550 bits per heavy atom. The first kappa shape index (κ1) is 27.4. The molecule has 4 nitrogen and oxygen atoms in total. The van der Waals surface area contributed by atoms with Gasteiger partial charge in [-0.15, -0.1) is 0 Å². The molecule has 0 atom stereocenters. The highest BCUT2D eigenvalue weighted by molar-refractivity contribution is 5.61. The van der Waals surface area contributed by atoms with E-state index in [-0.39, 0.29) is 0 Å².